The zero-order valence-corrected chi connectivity index (χ0v) is 8.91. The van der Waals surface area contributed by atoms with Gasteiger partial charge in [-0.1, -0.05) is 6.07 Å². The van der Waals surface area contributed by atoms with E-state index in [0.29, 0.717) is 5.82 Å². The van der Waals surface area contributed by atoms with E-state index in [2.05, 4.69) is 34.2 Å². The number of fused-ring (bicyclic) bond motifs is 1. The Hall–Kier alpha value is -2.23. The highest BCUT2D eigenvalue weighted by Gasteiger charge is 2.04. The van der Waals surface area contributed by atoms with Crippen LogP contribution in [0.2, 0.25) is 0 Å². The Kier molecular flexibility index (Phi) is 1.77. The molecule has 2 aromatic heterocycles. The van der Waals surface area contributed by atoms with Gasteiger partial charge in [0.25, 0.3) is 0 Å². The Morgan fingerprint density at radius 3 is 2.88 bits per heavy atom. The molecule has 3 rings (SSSR count). The van der Waals surface area contributed by atoms with E-state index in [-0.39, 0.29) is 0 Å². The summed E-state index contributed by atoms with van der Waals surface area (Å²) in [4.78, 5) is 3.22. The maximum atomic E-state index is 5.59. The Balaban J connectivity index is 2.21. The van der Waals surface area contributed by atoms with E-state index in [0.717, 1.165) is 16.8 Å². The normalized spacial score (nSPS) is 11.1. The molecule has 16 heavy (non-hydrogen) atoms. The van der Waals surface area contributed by atoms with E-state index in [1.165, 1.54) is 10.9 Å². The number of nitrogens with two attached hydrogens (primary N) is 1. The molecule has 4 N–H and O–H groups in total. The zero-order chi connectivity index (χ0) is 11.1. The molecule has 2 heterocycles. The summed E-state index contributed by atoms with van der Waals surface area (Å²) in [6.07, 6.45) is 2.01. The van der Waals surface area contributed by atoms with Gasteiger partial charge in [-0.05, 0) is 24.6 Å². The van der Waals surface area contributed by atoms with Crippen LogP contribution in [0.5, 0.6) is 0 Å². The van der Waals surface area contributed by atoms with Crippen LogP contribution in [0.15, 0.2) is 30.5 Å². The number of anilines is 1. The summed E-state index contributed by atoms with van der Waals surface area (Å²) >= 11 is 0. The number of nitrogens with one attached hydrogen (secondary N) is 2. The molecule has 0 amide bonds. The first-order valence-corrected chi connectivity index (χ1v) is 5.13. The minimum absolute atomic E-state index is 0.515. The van der Waals surface area contributed by atoms with E-state index < -0.39 is 0 Å². The van der Waals surface area contributed by atoms with Gasteiger partial charge in [0.2, 0.25) is 0 Å². The van der Waals surface area contributed by atoms with Gasteiger partial charge in [-0.3, -0.25) is 5.10 Å². The van der Waals surface area contributed by atoms with E-state index in [9.17, 15) is 0 Å². The van der Waals surface area contributed by atoms with Crippen LogP contribution in [0.25, 0.3) is 22.2 Å². The Morgan fingerprint density at radius 2 is 2.12 bits per heavy atom. The average molecular weight is 212 g/mol. The van der Waals surface area contributed by atoms with Crippen molar-refractivity contribution in [2.45, 2.75) is 6.92 Å². The van der Waals surface area contributed by atoms with Gasteiger partial charge in [-0.15, -0.1) is 0 Å². The van der Waals surface area contributed by atoms with Crippen LogP contribution in [0, 0.1) is 6.92 Å². The Labute approximate surface area is 92.5 Å². The van der Waals surface area contributed by atoms with E-state index in [4.69, 9.17) is 5.73 Å². The van der Waals surface area contributed by atoms with Crippen molar-refractivity contribution in [2.75, 3.05) is 5.73 Å². The molecule has 0 aliphatic rings. The molecule has 0 radical (unpaired) electrons. The monoisotopic (exact) mass is 212 g/mol. The fraction of sp³-hybridized carbons (Fsp3) is 0.0833. The second kappa shape index (κ2) is 3.13. The Bertz CT molecular complexity index is 648. The summed E-state index contributed by atoms with van der Waals surface area (Å²) in [5, 5.41) is 8.07. The standard InChI is InChI=1S/C12H12N4/c1-7-6-14-10-3-2-8(4-9(7)10)11-5-12(13)16-15-11/h2-6,14H,1H3,(H3,13,15,16). The van der Waals surface area contributed by atoms with Gasteiger partial charge in [0.15, 0.2) is 0 Å². The Morgan fingerprint density at radius 1 is 1.25 bits per heavy atom. The molecular formula is C12H12N4. The number of rotatable bonds is 1. The van der Waals surface area contributed by atoms with Crippen molar-refractivity contribution >= 4 is 16.7 Å². The fourth-order valence-electron chi connectivity index (χ4n) is 1.91. The lowest BCUT2D eigenvalue weighted by atomic mass is 10.1. The number of aryl methyl sites for hydroxylation is 1. The number of hydrogen-bond donors (Lipinski definition) is 3. The molecule has 0 spiro atoms. The third-order valence-electron chi connectivity index (χ3n) is 2.80. The molecular weight excluding hydrogens is 200 g/mol. The molecule has 0 unspecified atom stereocenters. The first kappa shape index (κ1) is 9.03. The highest BCUT2D eigenvalue weighted by Crippen LogP contribution is 2.25. The lowest BCUT2D eigenvalue weighted by molar-refractivity contribution is 1.10. The van der Waals surface area contributed by atoms with Crippen molar-refractivity contribution in [1.29, 1.82) is 0 Å². The first-order valence-electron chi connectivity index (χ1n) is 5.13. The van der Waals surface area contributed by atoms with Gasteiger partial charge in [-0.2, -0.15) is 5.10 Å². The molecule has 0 atom stereocenters. The molecule has 4 nitrogen and oxygen atoms in total. The molecule has 3 aromatic rings. The van der Waals surface area contributed by atoms with Crippen LogP contribution in [0.4, 0.5) is 5.82 Å². The van der Waals surface area contributed by atoms with Crippen molar-refractivity contribution < 1.29 is 0 Å². The quantitative estimate of drug-likeness (QED) is 0.579. The molecule has 0 saturated heterocycles. The van der Waals surface area contributed by atoms with Gasteiger partial charge in [0.05, 0.1) is 5.69 Å². The second-order valence-electron chi connectivity index (χ2n) is 3.94. The number of nitrogen functional groups attached to an aromatic ring is 1. The number of H-pyrrole nitrogens is 2. The molecule has 0 aliphatic heterocycles. The maximum Gasteiger partial charge on any atom is 0.145 e. The lowest BCUT2D eigenvalue weighted by Crippen LogP contribution is -1.81. The number of benzene rings is 1. The summed E-state index contributed by atoms with van der Waals surface area (Å²) in [5.41, 5.74) is 10.0. The van der Waals surface area contributed by atoms with Crippen molar-refractivity contribution in [1.82, 2.24) is 15.2 Å². The van der Waals surface area contributed by atoms with Crippen LogP contribution < -0.4 is 5.73 Å². The molecule has 0 bridgehead atoms. The van der Waals surface area contributed by atoms with E-state index in [1.807, 2.05) is 18.3 Å². The predicted octanol–water partition coefficient (Wildman–Crippen LogP) is 2.45. The molecule has 0 fully saturated rings. The summed E-state index contributed by atoms with van der Waals surface area (Å²) in [6.45, 7) is 2.09. The van der Waals surface area contributed by atoms with Crippen LogP contribution in [-0.4, -0.2) is 15.2 Å². The van der Waals surface area contributed by atoms with E-state index >= 15 is 0 Å². The second-order valence-corrected chi connectivity index (χ2v) is 3.94. The third kappa shape index (κ3) is 1.27. The smallest absolute Gasteiger partial charge is 0.145 e. The van der Waals surface area contributed by atoms with Crippen LogP contribution in [0.1, 0.15) is 5.56 Å². The lowest BCUT2D eigenvalue weighted by Gasteiger charge is -1.98. The van der Waals surface area contributed by atoms with Crippen molar-refractivity contribution in [3.63, 3.8) is 0 Å². The van der Waals surface area contributed by atoms with Crippen LogP contribution >= 0.6 is 0 Å². The van der Waals surface area contributed by atoms with Crippen molar-refractivity contribution in [2.24, 2.45) is 0 Å². The van der Waals surface area contributed by atoms with Crippen LogP contribution in [-0.2, 0) is 0 Å². The van der Waals surface area contributed by atoms with Gasteiger partial charge >= 0.3 is 0 Å². The van der Waals surface area contributed by atoms with Crippen molar-refractivity contribution in [3.8, 4) is 11.3 Å². The molecule has 80 valence electrons. The molecule has 1 aromatic carbocycles. The highest BCUT2D eigenvalue weighted by molar-refractivity contribution is 5.87. The minimum Gasteiger partial charge on any atom is -0.382 e. The number of aromatic nitrogens is 3. The van der Waals surface area contributed by atoms with Gasteiger partial charge < -0.3 is 10.7 Å². The molecule has 4 heteroatoms. The SMILES string of the molecule is Cc1c[nH]c2ccc(-c3cc(N)n[nH]3)cc12. The van der Waals surface area contributed by atoms with Crippen molar-refractivity contribution in [3.05, 3.63) is 36.0 Å². The number of aromatic amines is 2. The minimum atomic E-state index is 0.515. The number of hydrogen-bond acceptors (Lipinski definition) is 2. The van der Waals surface area contributed by atoms with Gasteiger partial charge in [0, 0.05) is 28.7 Å². The number of nitrogens with zero attached hydrogens (tertiary/aromatic N) is 1. The topological polar surface area (TPSA) is 70.5 Å². The summed E-state index contributed by atoms with van der Waals surface area (Å²) in [7, 11) is 0. The summed E-state index contributed by atoms with van der Waals surface area (Å²) < 4.78 is 0. The first-order chi connectivity index (χ1) is 7.74. The fourth-order valence-corrected chi connectivity index (χ4v) is 1.91. The largest absolute Gasteiger partial charge is 0.382 e. The van der Waals surface area contributed by atoms with Crippen LogP contribution in [0.3, 0.4) is 0 Å². The highest BCUT2D eigenvalue weighted by atomic mass is 15.2. The maximum absolute atomic E-state index is 5.59. The predicted molar refractivity (Wildman–Crippen MR) is 65.0 cm³/mol. The van der Waals surface area contributed by atoms with Gasteiger partial charge in [0.1, 0.15) is 5.82 Å². The zero-order valence-electron chi connectivity index (χ0n) is 8.91. The van der Waals surface area contributed by atoms with E-state index in [1.54, 1.807) is 0 Å². The third-order valence-corrected chi connectivity index (χ3v) is 2.80. The molecule has 0 saturated carbocycles. The average Bonchev–Trinajstić information content (AvgIpc) is 2.86. The molecule has 0 aliphatic carbocycles. The summed E-state index contributed by atoms with van der Waals surface area (Å²) in [6, 6.07) is 8.08. The summed E-state index contributed by atoms with van der Waals surface area (Å²) in [5.74, 6) is 0.515. The van der Waals surface area contributed by atoms with Gasteiger partial charge in [-0.25, -0.2) is 0 Å².